The first-order valence-electron chi connectivity index (χ1n) is 8.41. The molecular weight excluding hydrogens is 388 g/mol. The van der Waals surface area contributed by atoms with Gasteiger partial charge in [0, 0.05) is 43.1 Å². The highest BCUT2D eigenvalue weighted by molar-refractivity contribution is 7.32. The maximum Gasteiger partial charge on any atom is 0.695 e. The quantitative estimate of drug-likeness (QED) is 0.721. The van der Waals surface area contributed by atoms with E-state index in [2.05, 4.69) is 9.97 Å². The highest BCUT2D eigenvalue weighted by Gasteiger charge is 2.47. The van der Waals surface area contributed by atoms with Gasteiger partial charge in [-0.1, -0.05) is 13.8 Å². The Hall–Kier alpha value is -1.84. The standard InChI is InChI=1S/C15H20F3N4O4P/c1-3-14(4-2,26-27(24)25)12(23)21-5-7-22(8-6-21)13-19-9-11(10-20-13)15(16,17)18/h9-10H,3-8H2,1-2H3/p+1. The van der Waals surface area contributed by atoms with Crippen molar-refractivity contribution in [3.05, 3.63) is 18.0 Å². The van der Waals surface area contributed by atoms with Crippen LogP contribution in [0.25, 0.3) is 0 Å². The molecule has 1 aliphatic rings. The lowest BCUT2D eigenvalue weighted by Crippen LogP contribution is -2.56. The molecular formula is C15H21F3N4O4P+. The molecule has 150 valence electrons. The second kappa shape index (κ2) is 8.45. The van der Waals surface area contributed by atoms with Crippen molar-refractivity contribution < 1.29 is 31.9 Å². The molecule has 0 spiro atoms. The molecule has 8 nitrogen and oxygen atoms in total. The summed E-state index contributed by atoms with van der Waals surface area (Å²) in [5.41, 5.74) is -2.29. The van der Waals surface area contributed by atoms with Crippen LogP contribution in [0.5, 0.6) is 0 Å². The van der Waals surface area contributed by atoms with Crippen LogP contribution in [0.3, 0.4) is 0 Å². The van der Waals surface area contributed by atoms with Crippen molar-refractivity contribution in [1.29, 1.82) is 0 Å². The second-order valence-corrected chi connectivity index (χ2v) is 6.74. The fourth-order valence-corrected chi connectivity index (χ4v) is 3.53. The molecule has 1 aliphatic heterocycles. The minimum atomic E-state index is -4.50. The van der Waals surface area contributed by atoms with Gasteiger partial charge in [0.05, 0.1) is 5.56 Å². The number of alkyl halides is 3. The zero-order chi connectivity index (χ0) is 20.2. The number of piperazine rings is 1. The molecule has 0 aliphatic carbocycles. The van der Waals surface area contributed by atoms with Crippen molar-refractivity contribution in [3.63, 3.8) is 0 Å². The van der Waals surface area contributed by atoms with Crippen molar-refractivity contribution in [2.24, 2.45) is 0 Å². The molecule has 1 saturated heterocycles. The lowest BCUT2D eigenvalue weighted by atomic mass is 9.95. The van der Waals surface area contributed by atoms with Gasteiger partial charge in [0.25, 0.3) is 5.91 Å². The third kappa shape index (κ3) is 4.91. The molecule has 1 amide bonds. The van der Waals surface area contributed by atoms with Crippen LogP contribution in [-0.4, -0.2) is 57.4 Å². The predicted molar refractivity (Wildman–Crippen MR) is 90.1 cm³/mol. The van der Waals surface area contributed by atoms with Gasteiger partial charge >= 0.3 is 14.4 Å². The Balaban J connectivity index is 2.03. The Labute approximate surface area is 155 Å². The molecule has 2 heterocycles. The van der Waals surface area contributed by atoms with E-state index in [1.165, 1.54) is 4.90 Å². The van der Waals surface area contributed by atoms with E-state index in [0.717, 1.165) is 12.4 Å². The van der Waals surface area contributed by atoms with Gasteiger partial charge in [-0.15, -0.1) is 9.42 Å². The summed E-state index contributed by atoms with van der Waals surface area (Å²) in [4.78, 5) is 32.6. The first-order valence-corrected chi connectivity index (χ1v) is 9.55. The minimum Gasteiger partial charge on any atom is -0.337 e. The van der Waals surface area contributed by atoms with Gasteiger partial charge in [-0.05, 0) is 12.8 Å². The molecule has 1 atom stereocenters. The lowest BCUT2D eigenvalue weighted by Gasteiger charge is -2.38. The fourth-order valence-electron chi connectivity index (χ4n) is 2.90. The first-order chi connectivity index (χ1) is 12.6. The van der Waals surface area contributed by atoms with E-state index in [-0.39, 0.29) is 37.8 Å². The monoisotopic (exact) mass is 409 g/mol. The molecule has 2 rings (SSSR count). The summed E-state index contributed by atoms with van der Waals surface area (Å²) in [6.45, 7) is 4.60. The number of anilines is 1. The topological polar surface area (TPSA) is 95.9 Å². The van der Waals surface area contributed by atoms with E-state index >= 15 is 0 Å². The van der Waals surface area contributed by atoms with Gasteiger partial charge in [0.1, 0.15) is 0 Å². The summed E-state index contributed by atoms with van der Waals surface area (Å²) in [5, 5.41) is 0. The molecule has 1 fully saturated rings. The number of amides is 1. The van der Waals surface area contributed by atoms with Crippen LogP contribution in [-0.2, 0) is 20.1 Å². The van der Waals surface area contributed by atoms with Crippen LogP contribution in [0.1, 0.15) is 32.3 Å². The molecule has 1 aromatic rings. The Kier molecular flexibility index (Phi) is 6.72. The molecule has 0 aromatic carbocycles. The van der Waals surface area contributed by atoms with Crippen LogP contribution in [0.2, 0.25) is 0 Å². The largest absolute Gasteiger partial charge is 0.695 e. The normalized spacial score (nSPS) is 16.4. The van der Waals surface area contributed by atoms with Crippen molar-refractivity contribution in [2.45, 2.75) is 38.5 Å². The van der Waals surface area contributed by atoms with Crippen molar-refractivity contribution in [2.75, 3.05) is 31.1 Å². The van der Waals surface area contributed by atoms with E-state index in [4.69, 9.17) is 9.42 Å². The van der Waals surface area contributed by atoms with Gasteiger partial charge in [-0.3, -0.25) is 4.79 Å². The van der Waals surface area contributed by atoms with E-state index in [0.29, 0.717) is 13.1 Å². The molecule has 12 heteroatoms. The molecule has 27 heavy (non-hydrogen) atoms. The number of nitrogens with zero attached hydrogens (tertiary/aromatic N) is 4. The first kappa shape index (κ1) is 21.5. The summed E-state index contributed by atoms with van der Waals surface area (Å²) in [6.07, 6.45) is -2.56. The Morgan fingerprint density at radius 1 is 1.19 bits per heavy atom. The van der Waals surface area contributed by atoms with Gasteiger partial charge in [-0.25, -0.2) is 9.97 Å². The third-order valence-corrected chi connectivity index (χ3v) is 5.11. The predicted octanol–water partition coefficient (Wildman–Crippen LogP) is 2.37. The number of halogens is 3. The molecule has 0 bridgehead atoms. The molecule has 0 saturated carbocycles. The van der Waals surface area contributed by atoms with Gasteiger partial charge in [-0.2, -0.15) is 13.2 Å². The maximum atomic E-state index is 12.8. The molecule has 1 unspecified atom stereocenters. The van der Waals surface area contributed by atoms with E-state index in [1.807, 2.05) is 0 Å². The summed E-state index contributed by atoms with van der Waals surface area (Å²) in [7, 11) is -2.93. The lowest BCUT2D eigenvalue weighted by molar-refractivity contribution is -0.149. The highest BCUT2D eigenvalue weighted by atomic mass is 31.1. The highest BCUT2D eigenvalue weighted by Crippen LogP contribution is 2.34. The zero-order valence-corrected chi connectivity index (χ0v) is 15.8. The number of carbonyl (C=O) groups excluding carboxylic acids is 1. The molecule has 1 N–H and O–H groups in total. The summed E-state index contributed by atoms with van der Waals surface area (Å²) < 4.78 is 53.9. The van der Waals surface area contributed by atoms with Gasteiger partial charge in [0.2, 0.25) is 11.5 Å². The van der Waals surface area contributed by atoms with Crippen molar-refractivity contribution in [3.8, 4) is 0 Å². The van der Waals surface area contributed by atoms with E-state index in [9.17, 15) is 22.5 Å². The van der Waals surface area contributed by atoms with Gasteiger partial charge < -0.3 is 9.80 Å². The number of hydrogen-bond donors (Lipinski definition) is 1. The molecule has 0 radical (unpaired) electrons. The summed E-state index contributed by atoms with van der Waals surface area (Å²) in [5.74, 6) is -0.222. The smallest absolute Gasteiger partial charge is 0.337 e. The second-order valence-electron chi connectivity index (χ2n) is 6.08. The zero-order valence-electron chi connectivity index (χ0n) is 14.9. The van der Waals surface area contributed by atoms with Crippen molar-refractivity contribution >= 4 is 20.1 Å². The Morgan fingerprint density at radius 3 is 2.11 bits per heavy atom. The third-order valence-electron chi connectivity index (χ3n) is 4.60. The summed E-state index contributed by atoms with van der Waals surface area (Å²) >= 11 is 0. The average molecular weight is 409 g/mol. The van der Waals surface area contributed by atoms with Crippen LogP contribution in [0, 0.1) is 0 Å². The Bertz CT molecular complexity index is 675. The van der Waals surface area contributed by atoms with Crippen LogP contribution < -0.4 is 4.90 Å². The van der Waals surface area contributed by atoms with Crippen molar-refractivity contribution in [1.82, 2.24) is 14.9 Å². The maximum absolute atomic E-state index is 12.8. The number of aromatic nitrogens is 2. The fraction of sp³-hybridized carbons (Fsp3) is 0.667. The van der Waals surface area contributed by atoms with E-state index in [1.54, 1.807) is 18.7 Å². The average Bonchev–Trinajstić information content (AvgIpc) is 2.65. The van der Waals surface area contributed by atoms with Crippen LogP contribution >= 0.6 is 8.25 Å². The SMILES string of the molecule is CCC(CC)(O[P+](=O)O)C(=O)N1CCN(c2ncc(C(F)(F)F)cn2)CC1. The van der Waals surface area contributed by atoms with Crippen LogP contribution in [0.15, 0.2) is 12.4 Å². The Morgan fingerprint density at radius 2 is 1.70 bits per heavy atom. The number of carbonyl (C=O) groups is 1. The minimum absolute atomic E-state index is 0.155. The number of hydrogen-bond acceptors (Lipinski definition) is 6. The van der Waals surface area contributed by atoms with E-state index < -0.39 is 25.6 Å². The molecule has 1 aromatic heterocycles. The van der Waals surface area contributed by atoms with Gasteiger partial charge in [0.15, 0.2) is 0 Å². The summed E-state index contributed by atoms with van der Waals surface area (Å²) in [6, 6.07) is 0. The number of rotatable bonds is 6. The van der Waals surface area contributed by atoms with Crippen LogP contribution in [0.4, 0.5) is 19.1 Å².